The number of hydrogen-bond acceptors (Lipinski definition) is 6. The Hall–Kier alpha value is -1.56. The number of aromatic nitrogens is 2. The smallest absolute Gasteiger partial charge is 0.233 e. The standard InChI is InChI=1S/C10H12N4OS/c11-9-12-10(16-13-9)14(7-3-4-7)6-8-2-1-5-15-8/h1-2,5,7H,3-4,6H2,(H2,11,13). The van der Waals surface area contributed by atoms with Crippen LogP contribution in [0.15, 0.2) is 22.8 Å². The van der Waals surface area contributed by atoms with Crippen LogP contribution in [0.2, 0.25) is 0 Å². The first kappa shape index (κ1) is 9.65. The zero-order chi connectivity index (χ0) is 11.0. The maximum atomic E-state index is 5.55. The highest BCUT2D eigenvalue weighted by Crippen LogP contribution is 2.34. The van der Waals surface area contributed by atoms with Gasteiger partial charge < -0.3 is 15.1 Å². The molecule has 2 aromatic heterocycles. The van der Waals surface area contributed by atoms with E-state index < -0.39 is 0 Å². The molecule has 1 saturated carbocycles. The first-order chi connectivity index (χ1) is 7.83. The van der Waals surface area contributed by atoms with Gasteiger partial charge in [-0.3, -0.25) is 0 Å². The summed E-state index contributed by atoms with van der Waals surface area (Å²) >= 11 is 1.35. The summed E-state index contributed by atoms with van der Waals surface area (Å²) < 4.78 is 9.37. The second kappa shape index (κ2) is 3.79. The molecular weight excluding hydrogens is 224 g/mol. The van der Waals surface area contributed by atoms with Crippen LogP contribution in [0.4, 0.5) is 11.1 Å². The number of rotatable bonds is 4. The number of anilines is 2. The molecule has 0 spiro atoms. The normalized spacial score (nSPS) is 15.2. The summed E-state index contributed by atoms with van der Waals surface area (Å²) in [6.07, 6.45) is 4.11. The van der Waals surface area contributed by atoms with E-state index in [4.69, 9.17) is 10.2 Å². The van der Waals surface area contributed by atoms with Gasteiger partial charge in [-0.15, -0.1) is 0 Å². The lowest BCUT2D eigenvalue weighted by molar-refractivity contribution is 0.501. The minimum absolute atomic E-state index is 0.352. The summed E-state index contributed by atoms with van der Waals surface area (Å²) in [6.45, 7) is 0.742. The Morgan fingerprint density at radius 2 is 2.44 bits per heavy atom. The van der Waals surface area contributed by atoms with Crippen LogP contribution in [-0.2, 0) is 6.54 Å². The van der Waals surface area contributed by atoms with Crippen molar-refractivity contribution in [1.82, 2.24) is 9.36 Å². The van der Waals surface area contributed by atoms with Crippen molar-refractivity contribution >= 4 is 22.6 Å². The van der Waals surface area contributed by atoms with Crippen LogP contribution in [-0.4, -0.2) is 15.4 Å². The molecule has 1 aliphatic rings. The van der Waals surface area contributed by atoms with E-state index in [1.165, 1.54) is 24.4 Å². The predicted octanol–water partition coefficient (Wildman–Crippen LogP) is 1.88. The van der Waals surface area contributed by atoms with Crippen LogP contribution in [0, 0.1) is 0 Å². The summed E-state index contributed by atoms with van der Waals surface area (Å²) in [5, 5.41) is 0.886. The van der Waals surface area contributed by atoms with Crippen molar-refractivity contribution in [2.45, 2.75) is 25.4 Å². The van der Waals surface area contributed by atoms with Gasteiger partial charge in [-0.05, 0) is 25.0 Å². The first-order valence-electron chi connectivity index (χ1n) is 5.21. The second-order valence-corrected chi connectivity index (χ2v) is 4.60. The van der Waals surface area contributed by atoms with Gasteiger partial charge >= 0.3 is 0 Å². The van der Waals surface area contributed by atoms with Gasteiger partial charge in [0.1, 0.15) is 5.76 Å². The zero-order valence-corrected chi connectivity index (χ0v) is 9.48. The monoisotopic (exact) mass is 236 g/mol. The van der Waals surface area contributed by atoms with Gasteiger partial charge in [0.05, 0.1) is 12.8 Å². The van der Waals surface area contributed by atoms with Crippen LogP contribution >= 0.6 is 11.5 Å². The van der Waals surface area contributed by atoms with E-state index in [0.717, 1.165) is 17.4 Å². The van der Waals surface area contributed by atoms with Gasteiger partial charge in [-0.1, -0.05) is 0 Å². The number of nitrogen functional groups attached to an aromatic ring is 1. The maximum absolute atomic E-state index is 5.55. The first-order valence-corrected chi connectivity index (χ1v) is 5.98. The van der Waals surface area contributed by atoms with E-state index in [-0.39, 0.29) is 0 Å². The van der Waals surface area contributed by atoms with E-state index >= 15 is 0 Å². The molecule has 2 heterocycles. The molecular formula is C10H12N4OS. The fourth-order valence-electron chi connectivity index (χ4n) is 1.65. The number of furan rings is 1. The highest BCUT2D eigenvalue weighted by Gasteiger charge is 2.31. The van der Waals surface area contributed by atoms with Crippen molar-refractivity contribution < 1.29 is 4.42 Å². The Balaban J connectivity index is 1.81. The molecule has 0 atom stereocenters. The van der Waals surface area contributed by atoms with Gasteiger partial charge in [0.25, 0.3) is 0 Å². The minimum atomic E-state index is 0.352. The van der Waals surface area contributed by atoms with Crippen molar-refractivity contribution in [1.29, 1.82) is 0 Å². The quantitative estimate of drug-likeness (QED) is 0.877. The lowest BCUT2D eigenvalue weighted by atomic mass is 10.4. The molecule has 0 saturated heterocycles. The van der Waals surface area contributed by atoms with Gasteiger partial charge in [-0.2, -0.15) is 9.36 Å². The van der Waals surface area contributed by atoms with Crippen LogP contribution in [0.5, 0.6) is 0 Å². The lowest BCUT2D eigenvalue weighted by Crippen LogP contribution is -2.24. The average Bonchev–Trinajstić information content (AvgIpc) is 2.81. The Morgan fingerprint density at radius 1 is 1.56 bits per heavy atom. The van der Waals surface area contributed by atoms with Crippen molar-refractivity contribution in [3.63, 3.8) is 0 Å². The lowest BCUT2D eigenvalue weighted by Gasteiger charge is -2.19. The van der Waals surface area contributed by atoms with Crippen molar-refractivity contribution in [2.24, 2.45) is 0 Å². The Bertz CT molecular complexity index is 463. The molecule has 6 heteroatoms. The fraction of sp³-hybridized carbons (Fsp3) is 0.400. The molecule has 0 unspecified atom stereocenters. The van der Waals surface area contributed by atoms with E-state index in [1.807, 2.05) is 12.1 Å². The highest BCUT2D eigenvalue weighted by atomic mass is 32.1. The molecule has 0 aromatic carbocycles. The minimum Gasteiger partial charge on any atom is -0.467 e. The molecule has 0 amide bonds. The molecule has 1 fully saturated rings. The summed E-state index contributed by atoms with van der Waals surface area (Å²) in [5.74, 6) is 1.30. The summed E-state index contributed by atoms with van der Waals surface area (Å²) in [7, 11) is 0. The average molecular weight is 236 g/mol. The summed E-state index contributed by atoms with van der Waals surface area (Å²) in [5.41, 5.74) is 5.55. The van der Waals surface area contributed by atoms with E-state index in [9.17, 15) is 0 Å². The van der Waals surface area contributed by atoms with E-state index in [1.54, 1.807) is 6.26 Å². The van der Waals surface area contributed by atoms with Crippen LogP contribution in [0.1, 0.15) is 18.6 Å². The summed E-state index contributed by atoms with van der Waals surface area (Å²) in [6, 6.07) is 4.44. The Labute approximate surface area is 97.1 Å². The molecule has 0 bridgehead atoms. The fourth-order valence-corrected chi connectivity index (χ4v) is 2.32. The van der Waals surface area contributed by atoms with Gasteiger partial charge in [-0.25, -0.2) is 0 Å². The number of hydrogen-bond donors (Lipinski definition) is 1. The molecule has 2 N–H and O–H groups in total. The van der Waals surface area contributed by atoms with Gasteiger partial charge in [0.15, 0.2) is 0 Å². The predicted molar refractivity (Wildman–Crippen MR) is 62.2 cm³/mol. The highest BCUT2D eigenvalue weighted by molar-refractivity contribution is 7.09. The van der Waals surface area contributed by atoms with Gasteiger partial charge in [0.2, 0.25) is 11.1 Å². The van der Waals surface area contributed by atoms with Crippen molar-refractivity contribution in [2.75, 3.05) is 10.6 Å². The van der Waals surface area contributed by atoms with E-state index in [0.29, 0.717) is 12.0 Å². The van der Waals surface area contributed by atoms with Gasteiger partial charge in [0, 0.05) is 17.6 Å². The van der Waals surface area contributed by atoms with Crippen LogP contribution in [0.25, 0.3) is 0 Å². The molecule has 5 nitrogen and oxygen atoms in total. The third-order valence-corrected chi connectivity index (χ3v) is 3.34. The maximum Gasteiger partial charge on any atom is 0.233 e. The van der Waals surface area contributed by atoms with Crippen LogP contribution in [0.3, 0.4) is 0 Å². The Kier molecular flexibility index (Phi) is 2.28. The molecule has 84 valence electrons. The summed E-state index contributed by atoms with van der Waals surface area (Å²) in [4.78, 5) is 6.44. The third kappa shape index (κ3) is 1.88. The largest absolute Gasteiger partial charge is 0.467 e. The van der Waals surface area contributed by atoms with Crippen LogP contribution < -0.4 is 10.6 Å². The molecule has 2 aromatic rings. The second-order valence-electron chi connectivity index (χ2n) is 3.87. The molecule has 16 heavy (non-hydrogen) atoms. The molecule has 3 rings (SSSR count). The number of nitrogens with zero attached hydrogens (tertiary/aromatic N) is 3. The molecule has 0 aliphatic heterocycles. The third-order valence-electron chi connectivity index (χ3n) is 2.57. The Morgan fingerprint density at radius 3 is 3.00 bits per heavy atom. The SMILES string of the molecule is Nc1nsc(N(Cc2ccco2)C2CC2)n1. The topological polar surface area (TPSA) is 68.2 Å². The van der Waals surface area contributed by atoms with E-state index in [2.05, 4.69) is 14.3 Å². The van der Waals surface area contributed by atoms with Crippen molar-refractivity contribution in [3.8, 4) is 0 Å². The molecule has 1 aliphatic carbocycles. The van der Waals surface area contributed by atoms with Crippen molar-refractivity contribution in [3.05, 3.63) is 24.2 Å². The number of nitrogens with two attached hydrogens (primary N) is 1. The zero-order valence-electron chi connectivity index (χ0n) is 8.67. The molecule has 0 radical (unpaired) electrons.